The number of epoxide rings is 1. The summed E-state index contributed by atoms with van der Waals surface area (Å²) in [5, 5.41) is 0. The van der Waals surface area contributed by atoms with Crippen molar-refractivity contribution in [3.8, 4) is 0 Å². The molecule has 1 aromatic rings. The maximum Gasteiger partial charge on any atom is 0.138 e. The Bertz CT molecular complexity index is 430. The third kappa shape index (κ3) is 2.75. The second-order valence-electron chi connectivity index (χ2n) is 6.64. The minimum atomic E-state index is -1.18. The zero-order valence-electron chi connectivity index (χ0n) is 12.1. The Morgan fingerprint density at radius 2 is 1.78 bits per heavy atom. The molecule has 98 valence electrons. The zero-order valence-corrected chi connectivity index (χ0v) is 13.1. The van der Waals surface area contributed by atoms with E-state index in [4.69, 9.17) is 4.74 Å². The van der Waals surface area contributed by atoms with Gasteiger partial charge in [0.15, 0.2) is 0 Å². The Hall–Kier alpha value is -0.863. The highest BCUT2D eigenvalue weighted by atomic mass is 28.3. The number of benzene rings is 1. The summed E-state index contributed by atoms with van der Waals surface area (Å²) in [5.74, 6) is 0.552. The summed E-state index contributed by atoms with van der Waals surface area (Å²) in [4.78, 5) is 0. The molecule has 18 heavy (non-hydrogen) atoms. The third-order valence-corrected chi connectivity index (χ3v) is 4.52. The van der Waals surface area contributed by atoms with Crippen LogP contribution in [0.25, 0.3) is 0 Å². The van der Waals surface area contributed by atoms with Crippen LogP contribution in [0.4, 0.5) is 0 Å². The minimum Gasteiger partial charge on any atom is -0.356 e. The Balaban J connectivity index is 2.31. The minimum absolute atomic E-state index is 0.157. The molecule has 2 unspecified atom stereocenters. The first kappa shape index (κ1) is 13.6. The normalized spacial score (nSPS) is 28.0. The average molecular weight is 260 g/mol. The van der Waals surface area contributed by atoms with E-state index < -0.39 is 8.07 Å². The van der Waals surface area contributed by atoms with Crippen LogP contribution >= 0.6 is 0 Å². The lowest BCUT2D eigenvalue weighted by atomic mass is 9.90. The lowest BCUT2D eigenvalue weighted by Gasteiger charge is -2.14. The van der Waals surface area contributed by atoms with Crippen LogP contribution in [0.2, 0.25) is 19.6 Å². The monoisotopic (exact) mass is 260 g/mol. The van der Waals surface area contributed by atoms with Gasteiger partial charge in [0.2, 0.25) is 0 Å². The van der Waals surface area contributed by atoms with Gasteiger partial charge in [-0.25, -0.2) is 0 Å². The van der Waals surface area contributed by atoms with Crippen LogP contribution in [-0.4, -0.2) is 14.2 Å². The second kappa shape index (κ2) is 4.67. The summed E-state index contributed by atoms with van der Waals surface area (Å²) in [6.45, 7) is 11.5. The van der Waals surface area contributed by atoms with Crippen molar-refractivity contribution in [2.75, 3.05) is 0 Å². The molecule has 2 atom stereocenters. The largest absolute Gasteiger partial charge is 0.356 e. The third-order valence-electron chi connectivity index (χ3n) is 3.35. The average Bonchev–Trinajstić information content (AvgIpc) is 3.03. The van der Waals surface area contributed by atoms with Gasteiger partial charge in [-0.1, -0.05) is 75.6 Å². The summed E-state index contributed by atoms with van der Waals surface area (Å²) < 4.78 is 6.08. The van der Waals surface area contributed by atoms with Crippen molar-refractivity contribution in [1.82, 2.24) is 0 Å². The van der Waals surface area contributed by atoms with Gasteiger partial charge >= 0.3 is 0 Å². The van der Waals surface area contributed by atoms with Gasteiger partial charge in [-0.05, 0) is 11.5 Å². The van der Waals surface area contributed by atoms with E-state index in [-0.39, 0.29) is 5.60 Å². The van der Waals surface area contributed by atoms with E-state index in [2.05, 4.69) is 75.6 Å². The van der Waals surface area contributed by atoms with Gasteiger partial charge in [0, 0.05) is 0 Å². The molecule has 1 fully saturated rings. The lowest BCUT2D eigenvalue weighted by molar-refractivity contribution is 0.311. The summed E-state index contributed by atoms with van der Waals surface area (Å²) in [7, 11) is -1.18. The number of hydrogen-bond donors (Lipinski definition) is 0. The molecule has 1 aromatic carbocycles. The maximum absolute atomic E-state index is 6.08. The SMILES string of the molecule is CC(C)C1OC1(/C=C/[Si](C)(C)C)c1ccccc1. The first-order valence-electron chi connectivity index (χ1n) is 6.79. The van der Waals surface area contributed by atoms with E-state index in [0.29, 0.717) is 12.0 Å². The number of hydrogen-bond acceptors (Lipinski definition) is 1. The highest BCUT2D eigenvalue weighted by Gasteiger charge is 2.57. The van der Waals surface area contributed by atoms with Crippen LogP contribution in [-0.2, 0) is 10.3 Å². The molecule has 0 amide bonds. The lowest BCUT2D eigenvalue weighted by Crippen LogP contribution is -2.19. The Kier molecular flexibility index (Phi) is 3.52. The molecule has 0 aromatic heterocycles. The fourth-order valence-corrected chi connectivity index (χ4v) is 3.09. The van der Waals surface area contributed by atoms with E-state index in [1.165, 1.54) is 5.56 Å². The van der Waals surface area contributed by atoms with E-state index in [1.54, 1.807) is 0 Å². The zero-order chi connectivity index (χ0) is 13.4. The van der Waals surface area contributed by atoms with Gasteiger partial charge < -0.3 is 4.74 Å². The van der Waals surface area contributed by atoms with Crippen molar-refractivity contribution < 1.29 is 4.74 Å². The van der Waals surface area contributed by atoms with Gasteiger partial charge in [-0.15, -0.1) is 0 Å². The van der Waals surface area contributed by atoms with Crippen molar-refractivity contribution >= 4 is 8.07 Å². The molecule has 0 saturated carbocycles. The van der Waals surface area contributed by atoms with Crippen LogP contribution in [0.3, 0.4) is 0 Å². The standard InChI is InChI=1S/C16H24OSi/c1-13(2)15-16(17-15,11-12-18(3,4)5)14-9-7-6-8-10-14/h6-13,15H,1-5H3/b12-11+. The molecular formula is C16H24OSi. The predicted octanol–water partition coefficient (Wildman–Crippen LogP) is 4.37. The molecule has 1 nitrogen and oxygen atoms in total. The molecule has 1 saturated heterocycles. The van der Waals surface area contributed by atoms with Gasteiger partial charge in [0.25, 0.3) is 0 Å². The van der Waals surface area contributed by atoms with Crippen LogP contribution in [0, 0.1) is 5.92 Å². The first-order chi connectivity index (χ1) is 8.35. The summed E-state index contributed by atoms with van der Waals surface area (Å²) in [6, 6.07) is 10.6. The van der Waals surface area contributed by atoms with Gasteiger partial charge in [-0.3, -0.25) is 0 Å². The fourth-order valence-electron chi connectivity index (χ4n) is 2.34. The number of ether oxygens (including phenoxy) is 1. The molecule has 0 N–H and O–H groups in total. The molecule has 0 radical (unpaired) electrons. The van der Waals surface area contributed by atoms with Crippen molar-refractivity contribution in [2.45, 2.75) is 45.2 Å². The first-order valence-corrected chi connectivity index (χ1v) is 10.4. The molecule has 0 aliphatic carbocycles. The van der Waals surface area contributed by atoms with Gasteiger partial charge in [0.05, 0.1) is 14.2 Å². The predicted molar refractivity (Wildman–Crippen MR) is 80.3 cm³/mol. The Labute approximate surface area is 112 Å². The van der Waals surface area contributed by atoms with E-state index in [1.807, 2.05) is 0 Å². The van der Waals surface area contributed by atoms with E-state index >= 15 is 0 Å². The van der Waals surface area contributed by atoms with Gasteiger partial charge in [0.1, 0.15) is 5.60 Å². The number of rotatable bonds is 4. The van der Waals surface area contributed by atoms with Crippen molar-refractivity contribution in [3.05, 3.63) is 47.7 Å². The molecule has 1 heterocycles. The summed E-state index contributed by atoms with van der Waals surface area (Å²) in [6.07, 6.45) is 2.65. The van der Waals surface area contributed by atoms with Gasteiger partial charge in [-0.2, -0.15) is 0 Å². The Morgan fingerprint density at radius 3 is 2.22 bits per heavy atom. The highest BCUT2D eigenvalue weighted by molar-refractivity contribution is 6.80. The molecule has 0 spiro atoms. The second-order valence-corrected chi connectivity index (χ2v) is 11.7. The quantitative estimate of drug-likeness (QED) is 0.578. The van der Waals surface area contributed by atoms with Crippen LogP contribution in [0.1, 0.15) is 19.4 Å². The van der Waals surface area contributed by atoms with E-state index in [9.17, 15) is 0 Å². The van der Waals surface area contributed by atoms with Crippen LogP contribution in [0.15, 0.2) is 42.1 Å². The molecule has 1 aliphatic heterocycles. The summed E-state index contributed by atoms with van der Waals surface area (Å²) in [5.41, 5.74) is 3.54. The maximum atomic E-state index is 6.08. The topological polar surface area (TPSA) is 12.5 Å². The molecule has 2 heteroatoms. The fraction of sp³-hybridized carbons (Fsp3) is 0.500. The molecule has 2 rings (SSSR count). The smallest absolute Gasteiger partial charge is 0.138 e. The Morgan fingerprint density at radius 1 is 1.17 bits per heavy atom. The molecule has 1 aliphatic rings. The summed E-state index contributed by atoms with van der Waals surface area (Å²) >= 11 is 0. The van der Waals surface area contributed by atoms with Crippen molar-refractivity contribution in [1.29, 1.82) is 0 Å². The van der Waals surface area contributed by atoms with Crippen LogP contribution in [0.5, 0.6) is 0 Å². The molecule has 0 bridgehead atoms. The van der Waals surface area contributed by atoms with Crippen molar-refractivity contribution in [3.63, 3.8) is 0 Å². The van der Waals surface area contributed by atoms with Crippen molar-refractivity contribution in [2.24, 2.45) is 5.92 Å². The van der Waals surface area contributed by atoms with E-state index in [0.717, 1.165) is 0 Å². The molecular weight excluding hydrogens is 236 g/mol. The highest BCUT2D eigenvalue weighted by Crippen LogP contribution is 2.51. The van der Waals surface area contributed by atoms with Crippen LogP contribution < -0.4 is 0 Å².